The highest BCUT2D eigenvalue weighted by atomic mass is 79.9. The highest BCUT2D eigenvalue weighted by Gasteiger charge is 2.21. The number of carbonyl (C=O) groups is 1. The number of benzene rings is 2. The molecule has 0 atom stereocenters. The van der Waals surface area contributed by atoms with Crippen LogP contribution in [0.2, 0.25) is 10.0 Å². The second-order valence-electron chi connectivity index (χ2n) is 4.14. The lowest BCUT2D eigenvalue weighted by Gasteiger charge is -2.13. The van der Waals surface area contributed by atoms with E-state index in [1.807, 2.05) is 0 Å². The van der Waals surface area contributed by atoms with Crippen LogP contribution in [0.1, 0.15) is 15.9 Å². The van der Waals surface area contributed by atoms with E-state index >= 15 is 0 Å². The minimum Gasteiger partial charge on any atom is -0.497 e. The van der Waals surface area contributed by atoms with Gasteiger partial charge in [-0.15, -0.1) is 0 Å². The molecule has 2 rings (SSSR count). The molecule has 6 heteroatoms. The van der Waals surface area contributed by atoms with Crippen LogP contribution in [0.3, 0.4) is 0 Å². The van der Waals surface area contributed by atoms with Crippen LogP contribution in [-0.4, -0.2) is 20.0 Å². The van der Waals surface area contributed by atoms with E-state index in [9.17, 15) is 4.79 Å². The summed E-state index contributed by atoms with van der Waals surface area (Å²) in [5.74, 6) is 0.720. The standard InChI is InChI=1S/C15H11BrCl2O3/c1-20-9-6-11(16)14(13(7-9)21-2)15(19)10-4-3-8(17)5-12(10)18/h3-7H,1-2H3. The molecule has 0 N–H and O–H groups in total. The van der Waals surface area contributed by atoms with Crippen LogP contribution in [0.15, 0.2) is 34.8 Å². The Morgan fingerprint density at radius 2 is 1.81 bits per heavy atom. The molecule has 0 radical (unpaired) electrons. The van der Waals surface area contributed by atoms with E-state index in [2.05, 4.69) is 15.9 Å². The SMILES string of the molecule is COc1cc(Br)c(C(=O)c2ccc(Cl)cc2Cl)c(OC)c1. The van der Waals surface area contributed by atoms with E-state index in [1.165, 1.54) is 13.2 Å². The van der Waals surface area contributed by atoms with Gasteiger partial charge in [-0.1, -0.05) is 23.2 Å². The molecule has 0 fully saturated rings. The monoisotopic (exact) mass is 388 g/mol. The van der Waals surface area contributed by atoms with Crippen molar-refractivity contribution in [3.05, 3.63) is 56.0 Å². The highest BCUT2D eigenvalue weighted by molar-refractivity contribution is 9.10. The number of hydrogen-bond acceptors (Lipinski definition) is 3. The number of halogens is 3. The molecule has 2 aromatic carbocycles. The average molecular weight is 390 g/mol. The smallest absolute Gasteiger partial charge is 0.199 e. The minimum absolute atomic E-state index is 0.261. The molecule has 0 aliphatic heterocycles. The molecule has 0 saturated heterocycles. The predicted octanol–water partition coefficient (Wildman–Crippen LogP) is 5.00. The number of ketones is 1. The quantitative estimate of drug-likeness (QED) is 0.690. The van der Waals surface area contributed by atoms with Gasteiger partial charge in [0.25, 0.3) is 0 Å². The second kappa shape index (κ2) is 6.69. The van der Waals surface area contributed by atoms with Gasteiger partial charge in [-0.3, -0.25) is 4.79 Å². The van der Waals surface area contributed by atoms with Gasteiger partial charge in [0, 0.05) is 21.1 Å². The van der Waals surface area contributed by atoms with E-state index in [0.29, 0.717) is 32.1 Å². The second-order valence-corrected chi connectivity index (χ2v) is 5.84. The first-order chi connectivity index (χ1) is 9.97. The molecular weight excluding hydrogens is 379 g/mol. The summed E-state index contributed by atoms with van der Waals surface area (Å²) in [6.07, 6.45) is 0. The maximum absolute atomic E-state index is 12.7. The van der Waals surface area contributed by atoms with Gasteiger partial charge in [0.05, 0.1) is 24.8 Å². The van der Waals surface area contributed by atoms with E-state index in [4.69, 9.17) is 32.7 Å². The largest absolute Gasteiger partial charge is 0.497 e. The Bertz CT molecular complexity index is 702. The lowest BCUT2D eigenvalue weighted by Crippen LogP contribution is -2.06. The lowest BCUT2D eigenvalue weighted by atomic mass is 10.0. The van der Waals surface area contributed by atoms with Gasteiger partial charge >= 0.3 is 0 Å². The van der Waals surface area contributed by atoms with E-state index in [-0.39, 0.29) is 10.8 Å². The summed E-state index contributed by atoms with van der Waals surface area (Å²) in [5, 5.41) is 0.759. The summed E-state index contributed by atoms with van der Waals surface area (Å²) < 4.78 is 11.0. The Labute approximate surface area is 140 Å². The molecule has 0 aliphatic carbocycles. The molecule has 0 amide bonds. The Balaban J connectivity index is 2.57. The summed E-state index contributed by atoms with van der Waals surface area (Å²) in [6, 6.07) is 8.06. The maximum atomic E-state index is 12.7. The molecule has 0 saturated carbocycles. The van der Waals surface area contributed by atoms with Gasteiger partial charge in [-0.2, -0.15) is 0 Å². The number of carbonyl (C=O) groups excluding carboxylic acids is 1. The Morgan fingerprint density at radius 1 is 1.10 bits per heavy atom. The lowest BCUT2D eigenvalue weighted by molar-refractivity contribution is 0.103. The van der Waals surface area contributed by atoms with Crippen molar-refractivity contribution in [1.29, 1.82) is 0 Å². The van der Waals surface area contributed by atoms with Gasteiger partial charge in [0.15, 0.2) is 5.78 Å². The third-order valence-electron chi connectivity index (χ3n) is 2.89. The molecule has 0 heterocycles. The molecule has 0 unspecified atom stereocenters. The minimum atomic E-state index is -0.261. The van der Waals surface area contributed by atoms with E-state index in [1.54, 1.807) is 31.4 Å². The number of hydrogen-bond donors (Lipinski definition) is 0. The Hall–Kier alpha value is -1.23. The number of methoxy groups -OCH3 is 2. The van der Waals surface area contributed by atoms with Crippen molar-refractivity contribution in [3.63, 3.8) is 0 Å². The first kappa shape index (κ1) is 16.1. The van der Waals surface area contributed by atoms with Crippen molar-refractivity contribution in [2.45, 2.75) is 0 Å². The van der Waals surface area contributed by atoms with Gasteiger partial charge in [0.1, 0.15) is 11.5 Å². The van der Waals surface area contributed by atoms with Crippen LogP contribution in [0, 0.1) is 0 Å². The summed E-state index contributed by atoms with van der Waals surface area (Å²) >= 11 is 15.3. The van der Waals surface area contributed by atoms with Crippen LogP contribution in [0.25, 0.3) is 0 Å². The van der Waals surface area contributed by atoms with Crippen LogP contribution < -0.4 is 9.47 Å². The molecule has 2 aromatic rings. The molecule has 21 heavy (non-hydrogen) atoms. The fraction of sp³-hybridized carbons (Fsp3) is 0.133. The van der Waals surface area contributed by atoms with Crippen molar-refractivity contribution in [1.82, 2.24) is 0 Å². The highest BCUT2D eigenvalue weighted by Crippen LogP contribution is 2.35. The first-order valence-electron chi connectivity index (χ1n) is 5.89. The van der Waals surface area contributed by atoms with Crippen LogP contribution in [-0.2, 0) is 0 Å². The molecular formula is C15H11BrCl2O3. The zero-order valence-electron chi connectivity index (χ0n) is 11.2. The molecule has 0 aliphatic rings. The number of rotatable bonds is 4. The van der Waals surface area contributed by atoms with Crippen molar-refractivity contribution in [2.24, 2.45) is 0 Å². The van der Waals surface area contributed by atoms with Gasteiger partial charge in [-0.05, 0) is 40.2 Å². The van der Waals surface area contributed by atoms with Gasteiger partial charge in [0.2, 0.25) is 0 Å². The molecule has 0 bridgehead atoms. The van der Waals surface area contributed by atoms with Crippen molar-refractivity contribution in [3.8, 4) is 11.5 Å². The topological polar surface area (TPSA) is 35.5 Å². The third kappa shape index (κ3) is 3.34. The Kier molecular flexibility index (Phi) is 5.14. The Morgan fingerprint density at radius 3 is 2.38 bits per heavy atom. The maximum Gasteiger partial charge on any atom is 0.199 e. The van der Waals surface area contributed by atoms with Gasteiger partial charge < -0.3 is 9.47 Å². The normalized spacial score (nSPS) is 10.3. The summed E-state index contributed by atoms with van der Waals surface area (Å²) in [6.45, 7) is 0. The van der Waals surface area contributed by atoms with Crippen molar-refractivity contribution in [2.75, 3.05) is 14.2 Å². The van der Waals surface area contributed by atoms with Gasteiger partial charge in [-0.25, -0.2) is 0 Å². The molecule has 0 aromatic heterocycles. The molecule has 0 spiro atoms. The fourth-order valence-electron chi connectivity index (χ4n) is 1.87. The van der Waals surface area contributed by atoms with E-state index in [0.717, 1.165) is 0 Å². The van der Waals surface area contributed by atoms with E-state index < -0.39 is 0 Å². The first-order valence-corrected chi connectivity index (χ1v) is 7.44. The zero-order valence-corrected chi connectivity index (χ0v) is 14.3. The predicted molar refractivity (Wildman–Crippen MR) is 87.1 cm³/mol. The van der Waals surface area contributed by atoms with Crippen LogP contribution in [0.5, 0.6) is 11.5 Å². The van der Waals surface area contributed by atoms with Crippen molar-refractivity contribution < 1.29 is 14.3 Å². The molecule has 3 nitrogen and oxygen atoms in total. The summed E-state index contributed by atoms with van der Waals surface area (Å²) in [5.41, 5.74) is 0.729. The summed E-state index contributed by atoms with van der Waals surface area (Å²) in [4.78, 5) is 12.7. The fourth-order valence-corrected chi connectivity index (χ4v) is 2.96. The molecule has 110 valence electrons. The third-order valence-corrected chi connectivity index (χ3v) is 4.06. The zero-order chi connectivity index (χ0) is 15.6. The van der Waals surface area contributed by atoms with Crippen molar-refractivity contribution >= 4 is 44.9 Å². The number of ether oxygens (including phenoxy) is 2. The summed E-state index contributed by atoms with van der Waals surface area (Å²) in [7, 11) is 3.03. The van der Waals surface area contributed by atoms with Crippen LogP contribution >= 0.6 is 39.1 Å². The average Bonchev–Trinajstić information content (AvgIpc) is 2.45. The van der Waals surface area contributed by atoms with Crippen LogP contribution in [0.4, 0.5) is 0 Å².